The molecule has 31 heavy (non-hydrogen) atoms. The SMILES string of the molecule is CCOc1ccc(S(=O)(=O)N2CCN(CC(=O)Nc3ccc(C(N)=O)cc3)CC2)cc1. The van der Waals surface area contributed by atoms with Gasteiger partial charge in [-0.05, 0) is 55.5 Å². The largest absolute Gasteiger partial charge is 0.494 e. The summed E-state index contributed by atoms with van der Waals surface area (Å²) in [7, 11) is -3.59. The standard InChI is InChI=1S/C21H26N4O5S/c1-2-30-18-7-9-19(10-8-18)31(28,29)25-13-11-24(12-14-25)15-20(26)23-17-5-3-16(4-6-17)21(22)27/h3-10H,2,11-15H2,1H3,(H2,22,27)(H,23,26). The molecule has 2 aromatic carbocycles. The Hall–Kier alpha value is -2.95. The molecule has 0 unspecified atom stereocenters. The van der Waals surface area contributed by atoms with Crippen molar-refractivity contribution in [2.45, 2.75) is 11.8 Å². The molecule has 0 bridgehead atoms. The fourth-order valence-electron chi connectivity index (χ4n) is 3.27. The third-order valence-corrected chi connectivity index (χ3v) is 6.84. The fraction of sp³-hybridized carbons (Fsp3) is 0.333. The van der Waals surface area contributed by atoms with E-state index in [1.54, 1.807) is 48.5 Å². The van der Waals surface area contributed by atoms with Crippen molar-refractivity contribution in [3.63, 3.8) is 0 Å². The second-order valence-electron chi connectivity index (χ2n) is 7.07. The summed E-state index contributed by atoms with van der Waals surface area (Å²) in [4.78, 5) is 25.5. The summed E-state index contributed by atoms with van der Waals surface area (Å²) in [5.74, 6) is -0.118. The monoisotopic (exact) mass is 446 g/mol. The van der Waals surface area contributed by atoms with E-state index in [4.69, 9.17) is 10.5 Å². The average molecular weight is 447 g/mol. The highest BCUT2D eigenvalue weighted by Crippen LogP contribution is 2.21. The molecule has 9 nitrogen and oxygen atoms in total. The molecule has 0 atom stereocenters. The van der Waals surface area contributed by atoms with Gasteiger partial charge in [0.15, 0.2) is 0 Å². The van der Waals surface area contributed by atoms with Gasteiger partial charge in [0, 0.05) is 37.4 Å². The number of hydrogen-bond acceptors (Lipinski definition) is 6. The molecule has 2 aromatic rings. The first-order chi connectivity index (χ1) is 14.8. The summed E-state index contributed by atoms with van der Waals surface area (Å²) in [6, 6.07) is 12.7. The van der Waals surface area contributed by atoms with Gasteiger partial charge < -0.3 is 15.8 Å². The summed E-state index contributed by atoms with van der Waals surface area (Å²) in [5, 5.41) is 2.76. The number of rotatable bonds is 8. The zero-order valence-electron chi connectivity index (χ0n) is 17.3. The molecule has 1 saturated heterocycles. The van der Waals surface area contributed by atoms with Gasteiger partial charge in [-0.25, -0.2) is 8.42 Å². The van der Waals surface area contributed by atoms with Crippen LogP contribution in [0.3, 0.4) is 0 Å². The van der Waals surface area contributed by atoms with E-state index in [-0.39, 0.29) is 17.3 Å². The molecular weight excluding hydrogens is 420 g/mol. The predicted molar refractivity (Wildman–Crippen MR) is 116 cm³/mol. The number of carbonyl (C=O) groups is 2. The number of nitrogens with two attached hydrogens (primary N) is 1. The number of piperazine rings is 1. The quantitative estimate of drug-likeness (QED) is 0.627. The van der Waals surface area contributed by atoms with Crippen molar-refractivity contribution in [1.82, 2.24) is 9.21 Å². The van der Waals surface area contributed by atoms with E-state index in [2.05, 4.69) is 5.32 Å². The maximum Gasteiger partial charge on any atom is 0.248 e. The third kappa shape index (κ3) is 5.81. The molecule has 1 fully saturated rings. The Morgan fingerprint density at radius 1 is 1.00 bits per heavy atom. The number of amides is 2. The van der Waals surface area contributed by atoms with Crippen molar-refractivity contribution >= 4 is 27.5 Å². The van der Waals surface area contributed by atoms with Crippen LogP contribution in [0, 0.1) is 0 Å². The molecule has 3 rings (SSSR count). The fourth-order valence-corrected chi connectivity index (χ4v) is 4.70. The Morgan fingerprint density at radius 2 is 1.61 bits per heavy atom. The number of benzene rings is 2. The Labute approximate surface area is 181 Å². The highest BCUT2D eigenvalue weighted by atomic mass is 32.2. The lowest BCUT2D eigenvalue weighted by atomic mass is 10.2. The summed E-state index contributed by atoms with van der Waals surface area (Å²) in [6.07, 6.45) is 0. The summed E-state index contributed by atoms with van der Waals surface area (Å²) >= 11 is 0. The Morgan fingerprint density at radius 3 is 2.16 bits per heavy atom. The number of sulfonamides is 1. The Balaban J connectivity index is 1.51. The van der Waals surface area contributed by atoms with E-state index in [0.29, 0.717) is 49.8 Å². The van der Waals surface area contributed by atoms with Crippen LogP contribution < -0.4 is 15.8 Å². The van der Waals surface area contributed by atoms with Gasteiger partial charge in [0.2, 0.25) is 21.8 Å². The minimum Gasteiger partial charge on any atom is -0.494 e. The smallest absolute Gasteiger partial charge is 0.248 e. The minimum absolute atomic E-state index is 0.147. The van der Waals surface area contributed by atoms with E-state index < -0.39 is 15.9 Å². The molecule has 1 aliphatic rings. The van der Waals surface area contributed by atoms with Crippen molar-refractivity contribution in [2.75, 3.05) is 44.6 Å². The average Bonchev–Trinajstić information content (AvgIpc) is 2.75. The molecule has 166 valence electrons. The minimum atomic E-state index is -3.59. The third-order valence-electron chi connectivity index (χ3n) is 4.92. The van der Waals surface area contributed by atoms with Crippen LogP contribution in [-0.2, 0) is 14.8 Å². The van der Waals surface area contributed by atoms with Crippen LogP contribution in [0.15, 0.2) is 53.4 Å². The van der Waals surface area contributed by atoms with Crippen LogP contribution in [-0.4, -0.2) is 68.8 Å². The van der Waals surface area contributed by atoms with E-state index in [9.17, 15) is 18.0 Å². The highest BCUT2D eigenvalue weighted by molar-refractivity contribution is 7.89. The van der Waals surface area contributed by atoms with E-state index in [1.807, 2.05) is 11.8 Å². The zero-order valence-corrected chi connectivity index (χ0v) is 18.1. The van der Waals surface area contributed by atoms with Gasteiger partial charge in [0.1, 0.15) is 5.75 Å². The summed E-state index contributed by atoms with van der Waals surface area (Å²) in [5.41, 5.74) is 6.13. The van der Waals surface area contributed by atoms with Crippen molar-refractivity contribution in [2.24, 2.45) is 5.73 Å². The number of nitrogens with zero attached hydrogens (tertiary/aromatic N) is 2. The van der Waals surface area contributed by atoms with Gasteiger partial charge in [-0.1, -0.05) is 0 Å². The molecule has 3 N–H and O–H groups in total. The van der Waals surface area contributed by atoms with Crippen LogP contribution >= 0.6 is 0 Å². The number of nitrogens with one attached hydrogen (secondary N) is 1. The maximum atomic E-state index is 12.9. The number of primary amides is 1. The van der Waals surface area contributed by atoms with E-state index in [0.717, 1.165) is 0 Å². The van der Waals surface area contributed by atoms with Crippen LogP contribution in [0.1, 0.15) is 17.3 Å². The van der Waals surface area contributed by atoms with Crippen LogP contribution in [0.25, 0.3) is 0 Å². The first-order valence-corrected chi connectivity index (χ1v) is 11.4. The van der Waals surface area contributed by atoms with E-state index >= 15 is 0 Å². The molecule has 0 spiro atoms. The maximum absolute atomic E-state index is 12.9. The van der Waals surface area contributed by atoms with Gasteiger partial charge in [-0.3, -0.25) is 14.5 Å². The van der Waals surface area contributed by atoms with Gasteiger partial charge in [-0.2, -0.15) is 4.31 Å². The molecule has 1 heterocycles. The second-order valence-corrected chi connectivity index (χ2v) is 9.01. The first kappa shape index (κ1) is 22.7. The summed E-state index contributed by atoms with van der Waals surface area (Å²) < 4.78 is 32.5. The number of hydrogen-bond donors (Lipinski definition) is 2. The van der Waals surface area contributed by atoms with Gasteiger partial charge in [0.05, 0.1) is 18.0 Å². The number of anilines is 1. The molecule has 2 amide bonds. The molecule has 10 heteroatoms. The van der Waals surface area contributed by atoms with Crippen LogP contribution in [0.2, 0.25) is 0 Å². The lowest BCUT2D eigenvalue weighted by Crippen LogP contribution is -2.50. The lowest BCUT2D eigenvalue weighted by Gasteiger charge is -2.33. The Bertz CT molecular complexity index is 1010. The second kappa shape index (κ2) is 9.90. The van der Waals surface area contributed by atoms with Gasteiger partial charge in [-0.15, -0.1) is 0 Å². The zero-order chi connectivity index (χ0) is 22.4. The topological polar surface area (TPSA) is 122 Å². The van der Waals surface area contributed by atoms with Crippen molar-refractivity contribution < 1.29 is 22.7 Å². The Kier molecular flexibility index (Phi) is 7.26. The lowest BCUT2D eigenvalue weighted by molar-refractivity contribution is -0.117. The number of ether oxygens (including phenoxy) is 1. The first-order valence-electron chi connectivity index (χ1n) is 9.94. The molecule has 0 radical (unpaired) electrons. The van der Waals surface area contributed by atoms with Crippen LogP contribution in [0.4, 0.5) is 5.69 Å². The van der Waals surface area contributed by atoms with Crippen molar-refractivity contribution in [3.05, 3.63) is 54.1 Å². The molecule has 1 aliphatic heterocycles. The van der Waals surface area contributed by atoms with E-state index in [1.165, 1.54) is 4.31 Å². The van der Waals surface area contributed by atoms with Gasteiger partial charge in [0.25, 0.3) is 0 Å². The molecule has 0 saturated carbocycles. The molecular formula is C21H26N4O5S. The van der Waals surface area contributed by atoms with Gasteiger partial charge >= 0.3 is 0 Å². The molecule has 0 aromatic heterocycles. The summed E-state index contributed by atoms with van der Waals surface area (Å²) in [6.45, 7) is 4.03. The highest BCUT2D eigenvalue weighted by Gasteiger charge is 2.29. The molecule has 0 aliphatic carbocycles. The van der Waals surface area contributed by atoms with Crippen molar-refractivity contribution in [1.29, 1.82) is 0 Å². The van der Waals surface area contributed by atoms with Crippen LogP contribution in [0.5, 0.6) is 5.75 Å². The van der Waals surface area contributed by atoms with Crippen molar-refractivity contribution in [3.8, 4) is 5.75 Å². The number of carbonyl (C=O) groups excluding carboxylic acids is 2. The predicted octanol–water partition coefficient (Wildman–Crippen LogP) is 1.13. The normalized spacial score (nSPS) is 15.4.